The molecular formula is C18H17N7O. The monoisotopic (exact) mass is 347 g/mol. The number of pyridine rings is 2. The summed E-state index contributed by atoms with van der Waals surface area (Å²) in [5.41, 5.74) is 9.04. The van der Waals surface area contributed by atoms with E-state index in [2.05, 4.69) is 30.2 Å². The number of hydrogen-bond donors (Lipinski definition) is 3. The Bertz CT molecular complexity index is 1050. The Morgan fingerprint density at radius 1 is 1.15 bits per heavy atom. The topological polar surface area (TPSA) is 115 Å². The SMILES string of the molecule is COc1cc(-c2cc(NCc3ccccn3)nc3[nH]ccc23)nc(N)n1. The Labute approximate surface area is 149 Å². The summed E-state index contributed by atoms with van der Waals surface area (Å²) < 4.78 is 5.21. The number of rotatable bonds is 5. The fourth-order valence-corrected chi connectivity index (χ4v) is 2.71. The first-order valence-electron chi connectivity index (χ1n) is 8.04. The minimum absolute atomic E-state index is 0.155. The molecule has 0 unspecified atom stereocenters. The van der Waals surface area contributed by atoms with Crippen LogP contribution in [0.4, 0.5) is 11.8 Å². The molecule has 0 saturated heterocycles. The molecular weight excluding hydrogens is 330 g/mol. The van der Waals surface area contributed by atoms with Gasteiger partial charge >= 0.3 is 0 Å². The highest BCUT2D eigenvalue weighted by Gasteiger charge is 2.12. The van der Waals surface area contributed by atoms with Gasteiger partial charge in [0.15, 0.2) is 0 Å². The highest BCUT2D eigenvalue weighted by molar-refractivity contribution is 5.94. The second-order valence-corrected chi connectivity index (χ2v) is 5.62. The van der Waals surface area contributed by atoms with Gasteiger partial charge in [-0.05, 0) is 24.3 Å². The van der Waals surface area contributed by atoms with E-state index in [-0.39, 0.29) is 5.95 Å². The number of aromatic nitrogens is 5. The van der Waals surface area contributed by atoms with Gasteiger partial charge in [0.1, 0.15) is 11.5 Å². The average Bonchev–Trinajstić information content (AvgIpc) is 3.14. The van der Waals surface area contributed by atoms with Crippen LogP contribution in [0, 0.1) is 0 Å². The number of ether oxygens (including phenoxy) is 1. The molecule has 0 atom stereocenters. The van der Waals surface area contributed by atoms with Crippen molar-refractivity contribution >= 4 is 22.8 Å². The number of methoxy groups -OCH3 is 1. The average molecular weight is 347 g/mol. The van der Waals surface area contributed by atoms with Gasteiger partial charge in [0.05, 0.1) is 25.0 Å². The number of nitrogens with two attached hydrogens (primary N) is 1. The number of H-pyrrole nitrogens is 1. The molecule has 4 rings (SSSR count). The molecule has 0 aromatic carbocycles. The van der Waals surface area contributed by atoms with E-state index < -0.39 is 0 Å². The van der Waals surface area contributed by atoms with Crippen LogP contribution in [-0.4, -0.2) is 32.0 Å². The summed E-state index contributed by atoms with van der Waals surface area (Å²) >= 11 is 0. The Kier molecular flexibility index (Phi) is 4.06. The first-order chi connectivity index (χ1) is 12.7. The highest BCUT2D eigenvalue weighted by Crippen LogP contribution is 2.30. The number of nitrogen functional groups attached to an aromatic ring is 1. The van der Waals surface area contributed by atoms with Crippen molar-refractivity contribution < 1.29 is 4.74 Å². The van der Waals surface area contributed by atoms with Gasteiger partial charge in [-0.3, -0.25) is 4.98 Å². The van der Waals surface area contributed by atoms with Crippen molar-refractivity contribution in [2.24, 2.45) is 0 Å². The summed E-state index contributed by atoms with van der Waals surface area (Å²) in [4.78, 5) is 20.4. The smallest absolute Gasteiger partial charge is 0.223 e. The molecule has 0 aliphatic rings. The van der Waals surface area contributed by atoms with Gasteiger partial charge in [-0.15, -0.1) is 0 Å². The van der Waals surface area contributed by atoms with Gasteiger partial charge in [-0.25, -0.2) is 9.97 Å². The molecule has 0 radical (unpaired) electrons. The van der Waals surface area contributed by atoms with Gasteiger partial charge in [-0.2, -0.15) is 4.98 Å². The minimum atomic E-state index is 0.155. The molecule has 130 valence electrons. The van der Waals surface area contributed by atoms with Crippen molar-refractivity contribution in [3.05, 3.63) is 54.5 Å². The number of hydrogen-bond acceptors (Lipinski definition) is 7. The third-order valence-corrected chi connectivity index (χ3v) is 3.91. The highest BCUT2D eigenvalue weighted by atomic mass is 16.5. The van der Waals surface area contributed by atoms with Gasteiger partial charge in [-0.1, -0.05) is 6.07 Å². The molecule has 0 fully saturated rings. The number of anilines is 2. The molecule has 4 N–H and O–H groups in total. The van der Waals surface area contributed by atoms with Crippen LogP contribution in [0.15, 0.2) is 48.8 Å². The van der Waals surface area contributed by atoms with E-state index in [0.717, 1.165) is 22.3 Å². The minimum Gasteiger partial charge on any atom is -0.481 e. The lowest BCUT2D eigenvalue weighted by Gasteiger charge is -2.10. The van der Waals surface area contributed by atoms with Crippen LogP contribution >= 0.6 is 0 Å². The molecule has 0 aliphatic carbocycles. The van der Waals surface area contributed by atoms with Crippen molar-refractivity contribution in [1.82, 2.24) is 24.9 Å². The van der Waals surface area contributed by atoms with E-state index in [1.54, 1.807) is 19.4 Å². The van der Waals surface area contributed by atoms with Crippen molar-refractivity contribution in [2.75, 3.05) is 18.2 Å². The van der Waals surface area contributed by atoms with E-state index in [9.17, 15) is 0 Å². The summed E-state index contributed by atoms with van der Waals surface area (Å²) in [6.07, 6.45) is 3.60. The van der Waals surface area contributed by atoms with Crippen LogP contribution in [0.25, 0.3) is 22.3 Å². The third kappa shape index (κ3) is 3.12. The molecule has 8 nitrogen and oxygen atoms in total. The fourth-order valence-electron chi connectivity index (χ4n) is 2.71. The zero-order valence-electron chi connectivity index (χ0n) is 14.1. The van der Waals surface area contributed by atoms with Crippen molar-refractivity contribution in [1.29, 1.82) is 0 Å². The van der Waals surface area contributed by atoms with Gasteiger partial charge < -0.3 is 20.8 Å². The van der Waals surface area contributed by atoms with Crippen molar-refractivity contribution in [3.8, 4) is 17.1 Å². The lowest BCUT2D eigenvalue weighted by molar-refractivity contribution is 0.398. The summed E-state index contributed by atoms with van der Waals surface area (Å²) in [6, 6.07) is 11.4. The molecule has 0 bridgehead atoms. The van der Waals surface area contributed by atoms with Crippen LogP contribution < -0.4 is 15.8 Å². The van der Waals surface area contributed by atoms with Gasteiger partial charge in [0, 0.05) is 29.4 Å². The van der Waals surface area contributed by atoms with Crippen LogP contribution in [-0.2, 0) is 6.54 Å². The third-order valence-electron chi connectivity index (χ3n) is 3.91. The summed E-state index contributed by atoms with van der Waals surface area (Å²) in [7, 11) is 1.55. The Balaban J connectivity index is 1.74. The molecule has 4 aromatic rings. The number of aromatic amines is 1. The maximum Gasteiger partial charge on any atom is 0.223 e. The second-order valence-electron chi connectivity index (χ2n) is 5.62. The second kappa shape index (κ2) is 6.67. The molecule has 0 aliphatic heterocycles. The molecule has 0 amide bonds. The maximum absolute atomic E-state index is 5.81. The summed E-state index contributed by atoms with van der Waals surface area (Å²) in [5.74, 6) is 1.27. The molecule has 4 aromatic heterocycles. The lowest BCUT2D eigenvalue weighted by atomic mass is 10.1. The summed E-state index contributed by atoms with van der Waals surface area (Å²) in [6.45, 7) is 0.564. The predicted molar refractivity (Wildman–Crippen MR) is 99.6 cm³/mol. The Morgan fingerprint density at radius 2 is 2.08 bits per heavy atom. The molecule has 26 heavy (non-hydrogen) atoms. The van der Waals surface area contributed by atoms with E-state index in [0.29, 0.717) is 23.9 Å². The molecule has 0 spiro atoms. The normalized spacial score (nSPS) is 10.8. The van der Waals surface area contributed by atoms with E-state index >= 15 is 0 Å². The molecule has 8 heteroatoms. The van der Waals surface area contributed by atoms with Crippen molar-refractivity contribution in [3.63, 3.8) is 0 Å². The first kappa shape index (κ1) is 15.8. The van der Waals surface area contributed by atoms with E-state index in [4.69, 9.17) is 10.5 Å². The predicted octanol–water partition coefficient (Wildman–Crippen LogP) is 2.62. The first-order valence-corrected chi connectivity index (χ1v) is 8.04. The molecule has 0 saturated carbocycles. The zero-order valence-corrected chi connectivity index (χ0v) is 14.1. The van der Waals surface area contributed by atoms with E-state index in [1.807, 2.05) is 36.5 Å². The standard InChI is InChI=1S/C18H17N7O/c1-26-16-9-14(23-18(19)25-16)13-8-15(24-17-12(13)5-7-21-17)22-10-11-4-2-3-6-20-11/h2-9H,10H2,1H3,(H2,19,23,25)(H2,21,22,24). The quantitative estimate of drug-likeness (QED) is 0.508. The molecule has 4 heterocycles. The van der Waals surface area contributed by atoms with Gasteiger partial charge in [0.25, 0.3) is 0 Å². The van der Waals surface area contributed by atoms with Crippen LogP contribution in [0.2, 0.25) is 0 Å². The largest absolute Gasteiger partial charge is 0.481 e. The number of fused-ring (bicyclic) bond motifs is 1. The van der Waals surface area contributed by atoms with Gasteiger partial charge in [0.2, 0.25) is 11.8 Å². The fraction of sp³-hybridized carbons (Fsp3) is 0.111. The number of nitrogens with one attached hydrogen (secondary N) is 2. The Morgan fingerprint density at radius 3 is 2.88 bits per heavy atom. The van der Waals surface area contributed by atoms with E-state index in [1.165, 1.54) is 0 Å². The van der Waals surface area contributed by atoms with Crippen LogP contribution in [0.5, 0.6) is 5.88 Å². The lowest BCUT2D eigenvalue weighted by Crippen LogP contribution is -2.04. The maximum atomic E-state index is 5.81. The van der Waals surface area contributed by atoms with Crippen LogP contribution in [0.3, 0.4) is 0 Å². The number of nitrogens with zero attached hydrogens (tertiary/aromatic N) is 4. The zero-order chi connectivity index (χ0) is 17.9. The van der Waals surface area contributed by atoms with Crippen LogP contribution in [0.1, 0.15) is 5.69 Å². The Hall–Kier alpha value is -3.68. The van der Waals surface area contributed by atoms with Crippen molar-refractivity contribution in [2.45, 2.75) is 6.54 Å². The summed E-state index contributed by atoms with van der Waals surface area (Å²) in [5, 5.41) is 4.24.